The van der Waals surface area contributed by atoms with Crippen LogP contribution in [0.25, 0.3) is 17.0 Å². The molecule has 0 fully saturated rings. The highest BCUT2D eigenvalue weighted by atomic mass is 79.9. The Kier molecular flexibility index (Phi) is 3.98. The van der Waals surface area contributed by atoms with Crippen molar-refractivity contribution >= 4 is 48.6 Å². The Hall–Kier alpha value is -2.52. The number of non-ortho nitro benzene ring substituents is 1. The average Bonchev–Trinajstić information content (AvgIpc) is 2.93. The summed E-state index contributed by atoms with van der Waals surface area (Å²) in [7, 11) is -4.00. The second-order valence-corrected chi connectivity index (χ2v) is 7.51. The molecule has 0 saturated carbocycles. The Balaban J connectivity index is 2.43. The molecule has 0 spiro atoms. The van der Waals surface area contributed by atoms with Crippen LogP contribution in [0.1, 0.15) is 5.69 Å². The molecule has 9 heteroatoms. The van der Waals surface area contributed by atoms with E-state index in [1.807, 2.05) is 0 Å². The van der Waals surface area contributed by atoms with Gasteiger partial charge >= 0.3 is 0 Å². The van der Waals surface area contributed by atoms with E-state index >= 15 is 0 Å². The van der Waals surface area contributed by atoms with Crippen molar-refractivity contribution in [2.75, 3.05) is 0 Å². The molecule has 0 aliphatic carbocycles. The molecule has 0 N–H and O–H groups in total. The number of hydrogen-bond acceptors (Lipinski definition) is 5. The summed E-state index contributed by atoms with van der Waals surface area (Å²) in [4.78, 5) is 10.8. The predicted molar refractivity (Wildman–Crippen MR) is 93.2 cm³/mol. The fourth-order valence-corrected chi connectivity index (χ4v) is 4.09. The minimum atomic E-state index is -4.00. The average molecular weight is 408 g/mol. The van der Waals surface area contributed by atoms with Gasteiger partial charge in [-0.1, -0.05) is 40.7 Å². The maximum atomic E-state index is 12.9. The van der Waals surface area contributed by atoms with Gasteiger partial charge in [0.2, 0.25) is 0 Å². The lowest BCUT2D eigenvalue weighted by molar-refractivity contribution is -0.383. The molecule has 122 valence electrons. The molecule has 0 aliphatic rings. The molecule has 1 aromatic heterocycles. The van der Waals surface area contributed by atoms with Crippen LogP contribution in [0.15, 0.2) is 58.4 Å². The third-order valence-corrected chi connectivity index (χ3v) is 5.44. The molecule has 0 atom stereocenters. The summed E-state index contributed by atoms with van der Waals surface area (Å²) in [5, 5.41) is 15.5. The topological polar surface area (TPSA) is 95.1 Å². The number of nitrogens with zero attached hydrogens (tertiary/aromatic N) is 3. The van der Waals surface area contributed by atoms with Gasteiger partial charge in [-0.15, -0.1) is 0 Å². The molecule has 0 aliphatic heterocycles. The molecule has 3 rings (SSSR count). The molecule has 0 unspecified atom stereocenters. The van der Waals surface area contributed by atoms with Crippen molar-refractivity contribution in [3.63, 3.8) is 0 Å². The van der Waals surface area contributed by atoms with Crippen molar-refractivity contribution < 1.29 is 13.3 Å². The first kappa shape index (κ1) is 16.3. The lowest BCUT2D eigenvalue weighted by Gasteiger charge is -2.05. The molecule has 7 nitrogen and oxygen atoms in total. The third-order valence-electron chi connectivity index (χ3n) is 3.38. The molecule has 3 aromatic rings. The van der Waals surface area contributed by atoms with E-state index in [-0.39, 0.29) is 27.2 Å². The fraction of sp³-hybridized carbons (Fsp3) is 0. The van der Waals surface area contributed by atoms with Gasteiger partial charge in [0.05, 0.1) is 15.3 Å². The highest BCUT2D eigenvalue weighted by molar-refractivity contribution is 9.10. The van der Waals surface area contributed by atoms with Gasteiger partial charge in [0.25, 0.3) is 15.7 Å². The first-order valence-electron chi connectivity index (χ1n) is 6.66. The first-order valence-corrected chi connectivity index (χ1v) is 8.89. The van der Waals surface area contributed by atoms with Gasteiger partial charge in [-0.05, 0) is 24.3 Å². The van der Waals surface area contributed by atoms with Crippen LogP contribution in [0.3, 0.4) is 0 Å². The summed E-state index contributed by atoms with van der Waals surface area (Å²) < 4.78 is 26.9. The number of fused-ring (bicyclic) bond motifs is 1. The van der Waals surface area contributed by atoms with Crippen LogP contribution in [0.5, 0.6) is 0 Å². The lowest BCUT2D eigenvalue weighted by Crippen LogP contribution is -2.14. The molecule has 24 heavy (non-hydrogen) atoms. The zero-order chi connectivity index (χ0) is 17.5. The van der Waals surface area contributed by atoms with Crippen LogP contribution in [0.4, 0.5) is 5.69 Å². The van der Waals surface area contributed by atoms with E-state index in [0.717, 1.165) is 4.09 Å². The van der Waals surface area contributed by atoms with Crippen LogP contribution >= 0.6 is 15.9 Å². The predicted octanol–water partition coefficient (Wildman–Crippen LogP) is 3.59. The monoisotopic (exact) mass is 407 g/mol. The second kappa shape index (κ2) is 5.84. The van der Waals surface area contributed by atoms with Crippen LogP contribution in [-0.2, 0) is 10.0 Å². The zero-order valence-corrected chi connectivity index (χ0v) is 14.5. The third kappa shape index (κ3) is 2.51. The minimum Gasteiger partial charge on any atom is -0.258 e. The van der Waals surface area contributed by atoms with Crippen molar-refractivity contribution in [1.29, 1.82) is 0 Å². The molecule has 1 heterocycles. The molecule has 0 amide bonds. The van der Waals surface area contributed by atoms with E-state index in [1.54, 1.807) is 18.2 Å². The van der Waals surface area contributed by atoms with E-state index in [9.17, 15) is 18.5 Å². The smallest absolute Gasteiger partial charge is 0.258 e. The Bertz CT molecular complexity index is 1080. The normalized spacial score (nSPS) is 11.5. The maximum Gasteiger partial charge on any atom is 0.283 e. The standard InChI is InChI=1S/C15H10BrN3O4S/c1-2-12-15-13(8-10(16)9-14(15)19(20)21)18(17-12)24(22,23)11-6-4-3-5-7-11/h2-9H,1H2. The van der Waals surface area contributed by atoms with Crippen molar-refractivity contribution in [3.8, 4) is 0 Å². The van der Waals surface area contributed by atoms with Gasteiger partial charge in [0.1, 0.15) is 11.1 Å². The Morgan fingerprint density at radius 3 is 2.50 bits per heavy atom. The van der Waals surface area contributed by atoms with Crippen molar-refractivity contribution in [2.45, 2.75) is 4.90 Å². The number of aromatic nitrogens is 2. The van der Waals surface area contributed by atoms with Gasteiger partial charge in [-0.3, -0.25) is 10.1 Å². The van der Waals surface area contributed by atoms with Crippen LogP contribution in [0, 0.1) is 10.1 Å². The Labute approximate surface area is 145 Å². The van der Waals surface area contributed by atoms with E-state index in [1.165, 1.54) is 30.3 Å². The number of rotatable bonds is 4. The maximum absolute atomic E-state index is 12.9. The highest BCUT2D eigenvalue weighted by Gasteiger charge is 2.27. The molecule has 0 bridgehead atoms. The summed E-state index contributed by atoms with van der Waals surface area (Å²) in [6.07, 6.45) is 1.29. The molecule has 0 saturated heterocycles. The van der Waals surface area contributed by atoms with Gasteiger partial charge in [0.15, 0.2) is 0 Å². The molecule has 0 radical (unpaired) electrons. The summed E-state index contributed by atoms with van der Waals surface area (Å²) >= 11 is 3.17. The molecular weight excluding hydrogens is 398 g/mol. The number of nitro groups is 1. The number of benzene rings is 2. The second-order valence-electron chi connectivity index (χ2n) is 4.83. The van der Waals surface area contributed by atoms with E-state index < -0.39 is 14.9 Å². The summed E-state index contributed by atoms with van der Waals surface area (Å²) in [6.45, 7) is 3.57. The number of hydrogen-bond donors (Lipinski definition) is 0. The van der Waals surface area contributed by atoms with Crippen LogP contribution in [0.2, 0.25) is 0 Å². The number of halogens is 1. The van der Waals surface area contributed by atoms with E-state index in [2.05, 4.69) is 27.6 Å². The van der Waals surface area contributed by atoms with Gasteiger partial charge in [-0.25, -0.2) is 0 Å². The quantitative estimate of drug-likeness (QED) is 0.486. The largest absolute Gasteiger partial charge is 0.283 e. The van der Waals surface area contributed by atoms with Crippen molar-refractivity contribution in [3.05, 3.63) is 69.3 Å². The summed E-state index contributed by atoms with van der Waals surface area (Å²) in [5.41, 5.74) is -0.0117. The summed E-state index contributed by atoms with van der Waals surface area (Å²) in [5.74, 6) is 0. The van der Waals surface area contributed by atoms with Gasteiger partial charge < -0.3 is 0 Å². The number of nitro benzene ring substituents is 1. The van der Waals surface area contributed by atoms with Gasteiger partial charge in [-0.2, -0.15) is 17.6 Å². The highest BCUT2D eigenvalue weighted by Crippen LogP contribution is 2.34. The SMILES string of the molecule is C=Cc1nn(S(=O)(=O)c2ccccc2)c2cc(Br)cc([N+](=O)[O-])c12. The molecular formula is C15H10BrN3O4S. The Morgan fingerprint density at radius 1 is 1.25 bits per heavy atom. The van der Waals surface area contributed by atoms with Crippen LogP contribution < -0.4 is 0 Å². The van der Waals surface area contributed by atoms with Crippen molar-refractivity contribution in [1.82, 2.24) is 9.19 Å². The summed E-state index contributed by atoms with van der Waals surface area (Å²) in [6, 6.07) is 10.5. The van der Waals surface area contributed by atoms with Crippen LogP contribution in [-0.4, -0.2) is 22.5 Å². The Morgan fingerprint density at radius 2 is 1.92 bits per heavy atom. The molecule has 2 aromatic carbocycles. The van der Waals surface area contributed by atoms with Crippen molar-refractivity contribution in [2.24, 2.45) is 0 Å². The fourth-order valence-electron chi connectivity index (χ4n) is 2.36. The minimum absolute atomic E-state index is 0.0349. The van der Waals surface area contributed by atoms with E-state index in [4.69, 9.17) is 0 Å². The lowest BCUT2D eigenvalue weighted by atomic mass is 10.1. The van der Waals surface area contributed by atoms with E-state index in [0.29, 0.717) is 4.47 Å². The zero-order valence-electron chi connectivity index (χ0n) is 12.1. The van der Waals surface area contributed by atoms with Gasteiger partial charge in [0, 0.05) is 10.5 Å². The first-order chi connectivity index (χ1) is 11.4.